The molecule has 0 aromatic carbocycles. The first-order valence-corrected chi connectivity index (χ1v) is 7.07. The number of carbonyl (C=O) groups excluding carboxylic acids is 1. The van der Waals surface area contributed by atoms with E-state index < -0.39 is 11.4 Å². The van der Waals surface area contributed by atoms with E-state index in [1.165, 1.54) is 0 Å². The number of carbonyl (C=O) groups is 2. The topological polar surface area (TPSA) is 78.4 Å². The number of hydrogen-bond donors (Lipinski definition) is 3. The van der Waals surface area contributed by atoms with Crippen molar-refractivity contribution in [2.75, 3.05) is 6.54 Å². The Morgan fingerprint density at radius 1 is 1.47 bits per heavy atom. The highest BCUT2D eigenvalue weighted by molar-refractivity contribution is 7.07. The third-order valence-electron chi connectivity index (χ3n) is 3.01. The van der Waals surface area contributed by atoms with Gasteiger partial charge in [0.05, 0.1) is 11.5 Å². The lowest BCUT2D eigenvalue weighted by molar-refractivity contribution is -0.147. The molecule has 0 bridgehead atoms. The SMILES string of the molecule is CC(NC(=O)NCCC(C)(C)C(=O)O)c1ccsc1. The van der Waals surface area contributed by atoms with Crippen LogP contribution in [0.4, 0.5) is 4.79 Å². The zero-order valence-corrected chi connectivity index (χ0v) is 12.2. The number of carboxylic acids is 1. The van der Waals surface area contributed by atoms with Crippen LogP contribution in [0.2, 0.25) is 0 Å². The maximum Gasteiger partial charge on any atom is 0.315 e. The van der Waals surface area contributed by atoms with Crippen LogP contribution in [0.1, 0.15) is 38.8 Å². The van der Waals surface area contributed by atoms with E-state index in [1.807, 2.05) is 23.8 Å². The van der Waals surface area contributed by atoms with Crippen LogP contribution in [0.5, 0.6) is 0 Å². The van der Waals surface area contributed by atoms with Crippen molar-refractivity contribution in [2.45, 2.75) is 33.2 Å². The Balaban J connectivity index is 2.31. The van der Waals surface area contributed by atoms with Crippen molar-refractivity contribution in [1.82, 2.24) is 10.6 Å². The molecule has 3 N–H and O–H groups in total. The number of hydrogen-bond acceptors (Lipinski definition) is 3. The van der Waals surface area contributed by atoms with Crippen LogP contribution in [0.15, 0.2) is 16.8 Å². The Morgan fingerprint density at radius 3 is 2.68 bits per heavy atom. The Labute approximate surface area is 117 Å². The Kier molecular flexibility index (Phi) is 5.35. The first kappa shape index (κ1) is 15.5. The fraction of sp³-hybridized carbons (Fsp3) is 0.538. The maximum atomic E-state index is 11.6. The van der Waals surface area contributed by atoms with E-state index >= 15 is 0 Å². The van der Waals surface area contributed by atoms with Gasteiger partial charge >= 0.3 is 12.0 Å². The smallest absolute Gasteiger partial charge is 0.315 e. The number of aliphatic carboxylic acids is 1. The molecule has 0 saturated heterocycles. The molecule has 2 amide bonds. The highest BCUT2D eigenvalue weighted by Gasteiger charge is 2.26. The predicted octanol–water partition coefficient (Wildman–Crippen LogP) is 2.61. The highest BCUT2D eigenvalue weighted by atomic mass is 32.1. The number of urea groups is 1. The predicted molar refractivity (Wildman–Crippen MR) is 75.3 cm³/mol. The van der Waals surface area contributed by atoms with Gasteiger partial charge in [-0.3, -0.25) is 4.79 Å². The molecule has 1 atom stereocenters. The molecule has 1 heterocycles. The summed E-state index contributed by atoms with van der Waals surface area (Å²) in [6.07, 6.45) is 0.391. The van der Waals surface area contributed by atoms with Gasteiger partial charge in [-0.2, -0.15) is 11.3 Å². The van der Waals surface area contributed by atoms with Crippen LogP contribution < -0.4 is 10.6 Å². The summed E-state index contributed by atoms with van der Waals surface area (Å²) in [5, 5.41) is 18.4. The summed E-state index contributed by atoms with van der Waals surface area (Å²) in [6, 6.07) is 1.63. The molecule has 0 radical (unpaired) electrons. The molecule has 5 nitrogen and oxygen atoms in total. The number of carboxylic acid groups (broad SMARTS) is 1. The Bertz CT molecular complexity index is 429. The molecule has 106 valence electrons. The molecule has 1 aromatic rings. The first-order valence-electron chi connectivity index (χ1n) is 6.13. The zero-order chi connectivity index (χ0) is 14.5. The number of amides is 2. The normalized spacial score (nSPS) is 12.8. The second kappa shape index (κ2) is 6.56. The van der Waals surface area contributed by atoms with Gasteiger partial charge in [0.2, 0.25) is 0 Å². The van der Waals surface area contributed by atoms with Gasteiger partial charge in [-0.1, -0.05) is 0 Å². The third-order valence-corrected chi connectivity index (χ3v) is 3.71. The van der Waals surface area contributed by atoms with Crippen LogP contribution in [0.25, 0.3) is 0 Å². The minimum absolute atomic E-state index is 0.0567. The molecule has 6 heteroatoms. The quantitative estimate of drug-likeness (QED) is 0.751. The van der Waals surface area contributed by atoms with Crippen LogP contribution in [0.3, 0.4) is 0 Å². The molecule has 1 aromatic heterocycles. The van der Waals surface area contributed by atoms with Crippen LogP contribution in [-0.2, 0) is 4.79 Å². The highest BCUT2D eigenvalue weighted by Crippen LogP contribution is 2.19. The summed E-state index contributed by atoms with van der Waals surface area (Å²) in [7, 11) is 0. The van der Waals surface area contributed by atoms with Crippen molar-refractivity contribution in [3.8, 4) is 0 Å². The van der Waals surface area contributed by atoms with Crippen LogP contribution in [0, 0.1) is 5.41 Å². The van der Waals surface area contributed by atoms with Crippen molar-refractivity contribution < 1.29 is 14.7 Å². The summed E-state index contributed by atoms with van der Waals surface area (Å²) < 4.78 is 0. The molecule has 0 saturated carbocycles. The Hall–Kier alpha value is -1.56. The fourth-order valence-corrected chi connectivity index (χ4v) is 2.20. The summed E-state index contributed by atoms with van der Waals surface area (Å²) in [5.74, 6) is -0.860. The van der Waals surface area contributed by atoms with E-state index in [9.17, 15) is 9.59 Å². The van der Waals surface area contributed by atoms with Gasteiger partial charge in [0, 0.05) is 6.54 Å². The van der Waals surface area contributed by atoms with E-state index in [2.05, 4.69) is 10.6 Å². The van der Waals surface area contributed by atoms with Gasteiger partial charge in [0.1, 0.15) is 0 Å². The van der Waals surface area contributed by atoms with E-state index in [4.69, 9.17) is 5.11 Å². The van der Waals surface area contributed by atoms with Gasteiger partial charge in [-0.05, 0) is 49.6 Å². The minimum Gasteiger partial charge on any atom is -0.481 e. The summed E-state index contributed by atoms with van der Waals surface area (Å²) in [4.78, 5) is 22.5. The molecule has 1 rings (SSSR count). The molecule has 0 aliphatic rings. The van der Waals surface area contributed by atoms with Crippen molar-refractivity contribution in [3.05, 3.63) is 22.4 Å². The monoisotopic (exact) mass is 284 g/mol. The average molecular weight is 284 g/mol. The first-order chi connectivity index (χ1) is 8.83. The van der Waals surface area contributed by atoms with Gasteiger partial charge in [-0.15, -0.1) is 0 Å². The standard InChI is InChI=1S/C13H20N2O3S/c1-9(10-4-7-19-8-10)15-12(18)14-6-5-13(2,3)11(16)17/h4,7-9H,5-6H2,1-3H3,(H,16,17)(H2,14,15,18). The lowest BCUT2D eigenvalue weighted by Crippen LogP contribution is -2.39. The molecule has 19 heavy (non-hydrogen) atoms. The largest absolute Gasteiger partial charge is 0.481 e. The molecule has 0 fully saturated rings. The third kappa shape index (κ3) is 4.90. The van der Waals surface area contributed by atoms with E-state index in [1.54, 1.807) is 25.2 Å². The van der Waals surface area contributed by atoms with E-state index in [0.717, 1.165) is 5.56 Å². The fourth-order valence-electron chi connectivity index (χ4n) is 1.45. The van der Waals surface area contributed by atoms with E-state index in [-0.39, 0.29) is 12.1 Å². The molecule has 1 unspecified atom stereocenters. The molecule has 0 spiro atoms. The number of thiophene rings is 1. The van der Waals surface area contributed by atoms with Gasteiger partial charge < -0.3 is 15.7 Å². The lowest BCUT2D eigenvalue weighted by atomic mass is 9.90. The average Bonchev–Trinajstić information content (AvgIpc) is 2.81. The van der Waals surface area contributed by atoms with Crippen molar-refractivity contribution in [1.29, 1.82) is 0 Å². The van der Waals surface area contributed by atoms with Gasteiger partial charge in [-0.25, -0.2) is 4.79 Å². The minimum atomic E-state index is -0.860. The maximum absolute atomic E-state index is 11.6. The lowest BCUT2D eigenvalue weighted by Gasteiger charge is -2.19. The van der Waals surface area contributed by atoms with Gasteiger partial charge in [0.25, 0.3) is 0 Å². The number of nitrogens with one attached hydrogen (secondary N) is 2. The van der Waals surface area contributed by atoms with E-state index in [0.29, 0.717) is 13.0 Å². The summed E-state index contributed by atoms with van der Waals surface area (Å²) >= 11 is 1.58. The molecule has 0 aliphatic carbocycles. The molecular weight excluding hydrogens is 264 g/mol. The van der Waals surface area contributed by atoms with Crippen molar-refractivity contribution in [2.24, 2.45) is 5.41 Å². The van der Waals surface area contributed by atoms with Crippen LogP contribution >= 0.6 is 11.3 Å². The molecule has 0 aliphatic heterocycles. The van der Waals surface area contributed by atoms with Crippen LogP contribution in [-0.4, -0.2) is 23.7 Å². The Morgan fingerprint density at radius 2 is 2.16 bits per heavy atom. The van der Waals surface area contributed by atoms with Crippen molar-refractivity contribution >= 4 is 23.3 Å². The zero-order valence-electron chi connectivity index (χ0n) is 11.4. The summed E-state index contributed by atoms with van der Waals surface area (Å²) in [6.45, 7) is 5.52. The summed E-state index contributed by atoms with van der Waals surface area (Å²) in [5.41, 5.74) is 0.234. The second-order valence-corrected chi connectivity index (χ2v) is 5.90. The van der Waals surface area contributed by atoms with Gasteiger partial charge in [0.15, 0.2) is 0 Å². The van der Waals surface area contributed by atoms with Crippen molar-refractivity contribution in [3.63, 3.8) is 0 Å². The molecular formula is C13H20N2O3S. The second-order valence-electron chi connectivity index (χ2n) is 5.12. The number of rotatable bonds is 6.